The van der Waals surface area contributed by atoms with E-state index in [4.69, 9.17) is 15.9 Å². The van der Waals surface area contributed by atoms with Crippen LogP contribution < -0.4 is 10.6 Å². The maximum absolute atomic E-state index is 12.2. The van der Waals surface area contributed by atoms with Gasteiger partial charge in [0.25, 0.3) is 0 Å². The number of hydrogen-bond acceptors (Lipinski definition) is 4. The number of carbonyl (C=O) groups is 3. The van der Waals surface area contributed by atoms with Crippen molar-refractivity contribution in [2.24, 2.45) is 5.73 Å². The van der Waals surface area contributed by atoms with Crippen molar-refractivity contribution >= 4 is 23.5 Å². The van der Waals surface area contributed by atoms with E-state index in [-0.39, 0.29) is 0 Å². The molecule has 1 amide bonds. The highest BCUT2D eigenvalue weighted by atomic mass is 16.4. The van der Waals surface area contributed by atoms with Crippen LogP contribution in [0.15, 0.2) is 30.3 Å². The van der Waals surface area contributed by atoms with Crippen LogP contribution >= 0.6 is 0 Å². The lowest BCUT2D eigenvalue weighted by atomic mass is 10.1. The molecule has 0 aliphatic heterocycles. The molecular weight excluding hydrogens is 264 g/mol. The summed E-state index contributed by atoms with van der Waals surface area (Å²) in [6.07, 6.45) is -0.561. The minimum atomic E-state index is -1.30. The van der Waals surface area contributed by atoms with Crippen LogP contribution in [0.4, 0.5) is 5.69 Å². The van der Waals surface area contributed by atoms with Gasteiger partial charge in [0.05, 0.1) is 12.5 Å². The van der Waals surface area contributed by atoms with E-state index in [1.54, 1.807) is 30.3 Å². The lowest BCUT2D eigenvalue weighted by molar-refractivity contribution is -0.140. The summed E-state index contributed by atoms with van der Waals surface area (Å²) in [7, 11) is 0. The monoisotopic (exact) mass is 280 g/mol. The van der Waals surface area contributed by atoms with E-state index >= 15 is 0 Å². The van der Waals surface area contributed by atoms with Crippen molar-refractivity contribution in [1.82, 2.24) is 0 Å². The largest absolute Gasteiger partial charge is 0.481 e. The van der Waals surface area contributed by atoms with Crippen LogP contribution in [0.25, 0.3) is 0 Å². The van der Waals surface area contributed by atoms with Crippen LogP contribution in [-0.2, 0) is 14.4 Å². The first-order chi connectivity index (χ1) is 9.34. The fourth-order valence-electron chi connectivity index (χ4n) is 1.69. The number of benzene rings is 1. The smallest absolute Gasteiger partial charge is 0.326 e. The van der Waals surface area contributed by atoms with Crippen molar-refractivity contribution in [3.63, 3.8) is 0 Å². The first kappa shape index (κ1) is 15.6. The van der Waals surface area contributed by atoms with Gasteiger partial charge in [-0.1, -0.05) is 18.2 Å². The Hall–Kier alpha value is -2.41. The van der Waals surface area contributed by atoms with Gasteiger partial charge in [0, 0.05) is 5.69 Å². The number of carbonyl (C=O) groups excluding carboxylic acids is 1. The number of para-hydroxylation sites is 1. The van der Waals surface area contributed by atoms with Crippen LogP contribution in [0.1, 0.15) is 13.3 Å². The second-order valence-corrected chi connectivity index (χ2v) is 4.26. The van der Waals surface area contributed by atoms with Crippen LogP contribution in [0, 0.1) is 0 Å². The molecule has 0 spiro atoms. The van der Waals surface area contributed by atoms with Gasteiger partial charge in [0.2, 0.25) is 5.91 Å². The Morgan fingerprint density at radius 3 is 2.20 bits per heavy atom. The number of aliphatic carboxylic acids is 2. The van der Waals surface area contributed by atoms with Crippen molar-refractivity contribution in [3.05, 3.63) is 30.3 Å². The molecule has 7 heteroatoms. The average Bonchev–Trinajstić information content (AvgIpc) is 2.39. The van der Waals surface area contributed by atoms with Gasteiger partial charge in [-0.15, -0.1) is 0 Å². The average molecular weight is 280 g/mol. The lowest BCUT2D eigenvalue weighted by Gasteiger charge is -2.28. The van der Waals surface area contributed by atoms with E-state index in [0.717, 1.165) is 4.90 Å². The quantitative estimate of drug-likeness (QED) is 0.689. The van der Waals surface area contributed by atoms with E-state index in [0.29, 0.717) is 5.69 Å². The third-order valence-electron chi connectivity index (χ3n) is 2.73. The minimum absolute atomic E-state index is 0.355. The topological polar surface area (TPSA) is 121 Å². The molecule has 1 aromatic carbocycles. The van der Waals surface area contributed by atoms with Crippen molar-refractivity contribution < 1.29 is 24.6 Å². The highest BCUT2D eigenvalue weighted by Crippen LogP contribution is 2.18. The predicted molar refractivity (Wildman–Crippen MR) is 71.3 cm³/mol. The Kier molecular flexibility index (Phi) is 5.22. The zero-order valence-electron chi connectivity index (χ0n) is 10.9. The summed E-state index contributed by atoms with van der Waals surface area (Å²) < 4.78 is 0. The third-order valence-corrected chi connectivity index (χ3v) is 2.73. The summed E-state index contributed by atoms with van der Waals surface area (Å²) in [5, 5.41) is 17.7. The number of nitrogens with two attached hydrogens (primary N) is 1. The molecule has 7 nitrogen and oxygen atoms in total. The number of anilines is 1. The van der Waals surface area contributed by atoms with E-state index < -0.39 is 36.4 Å². The minimum Gasteiger partial charge on any atom is -0.481 e. The maximum atomic E-state index is 12.2. The molecule has 2 atom stereocenters. The Morgan fingerprint density at radius 2 is 1.75 bits per heavy atom. The van der Waals surface area contributed by atoms with Gasteiger partial charge in [0.1, 0.15) is 6.04 Å². The van der Waals surface area contributed by atoms with E-state index in [1.807, 2.05) is 0 Å². The molecule has 4 N–H and O–H groups in total. The molecule has 0 radical (unpaired) electrons. The molecule has 20 heavy (non-hydrogen) atoms. The van der Waals surface area contributed by atoms with Crippen molar-refractivity contribution in [1.29, 1.82) is 0 Å². The van der Waals surface area contributed by atoms with Crippen LogP contribution in [0.5, 0.6) is 0 Å². The SMILES string of the molecule is C[C@@H](C(=O)O)N(C(=O)[C@@H](N)CC(=O)O)c1ccccc1. The summed E-state index contributed by atoms with van der Waals surface area (Å²) in [5.41, 5.74) is 5.88. The molecule has 0 heterocycles. The standard InChI is InChI=1S/C13H16N2O5/c1-8(13(19)20)15(9-5-3-2-4-6-9)12(18)10(14)7-11(16)17/h2-6,8,10H,7,14H2,1H3,(H,16,17)(H,19,20)/t8-,10-/m0/s1. The summed E-state index contributed by atoms with van der Waals surface area (Å²) in [6.45, 7) is 1.33. The molecule has 0 bridgehead atoms. The lowest BCUT2D eigenvalue weighted by Crippen LogP contribution is -2.51. The molecule has 108 valence electrons. The molecule has 0 aromatic heterocycles. The van der Waals surface area contributed by atoms with Crippen LogP contribution in [0.2, 0.25) is 0 Å². The van der Waals surface area contributed by atoms with E-state index in [9.17, 15) is 14.4 Å². The first-order valence-corrected chi connectivity index (χ1v) is 5.93. The zero-order valence-corrected chi connectivity index (χ0v) is 10.9. The number of rotatable bonds is 6. The first-order valence-electron chi connectivity index (χ1n) is 5.93. The van der Waals surface area contributed by atoms with Crippen LogP contribution in [0.3, 0.4) is 0 Å². The van der Waals surface area contributed by atoms with Crippen LogP contribution in [-0.4, -0.2) is 40.1 Å². The molecule has 1 aromatic rings. The van der Waals surface area contributed by atoms with Gasteiger partial charge >= 0.3 is 11.9 Å². The molecule has 0 aliphatic rings. The Bertz CT molecular complexity index is 503. The van der Waals surface area contributed by atoms with Gasteiger partial charge in [-0.2, -0.15) is 0 Å². The third kappa shape index (κ3) is 3.79. The second-order valence-electron chi connectivity index (χ2n) is 4.26. The molecule has 0 saturated heterocycles. The number of carboxylic acid groups (broad SMARTS) is 2. The Morgan fingerprint density at radius 1 is 1.20 bits per heavy atom. The van der Waals surface area contributed by atoms with Crippen molar-refractivity contribution in [3.8, 4) is 0 Å². The molecule has 0 unspecified atom stereocenters. The fraction of sp³-hybridized carbons (Fsp3) is 0.308. The van der Waals surface area contributed by atoms with Gasteiger partial charge in [-0.05, 0) is 19.1 Å². The Labute approximate surface area is 115 Å². The molecule has 0 fully saturated rings. The normalized spacial score (nSPS) is 13.3. The second kappa shape index (κ2) is 6.67. The number of nitrogens with zero attached hydrogens (tertiary/aromatic N) is 1. The van der Waals surface area contributed by atoms with Gasteiger partial charge in [-0.25, -0.2) is 4.79 Å². The molecule has 1 rings (SSSR count). The van der Waals surface area contributed by atoms with Gasteiger partial charge < -0.3 is 15.9 Å². The van der Waals surface area contributed by atoms with E-state index in [1.165, 1.54) is 6.92 Å². The molecule has 0 aliphatic carbocycles. The van der Waals surface area contributed by atoms with Crippen molar-refractivity contribution in [2.75, 3.05) is 4.90 Å². The summed E-state index contributed by atoms with van der Waals surface area (Å²) in [4.78, 5) is 34.9. The summed E-state index contributed by atoms with van der Waals surface area (Å²) in [6, 6.07) is 5.68. The van der Waals surface area contributed by atoms with Gasteiger partial charge in [0.15, 0.2) is 0 Å². The zero-order chi connectivity index (χ0) is 15.3. The number of amides is 1. The fourth-order valence-corrected chi connectivity index (χ4v) is 1.69. The summed E-state index contributed by atoms with van der Waals surface area (Å²) in [5.74, 6) is -3.17. The maximum Gasteiger partial charge on any atom is 0.326 e. The highest BCUT2D eigenvalue weighted by molar-refractivity contribution is 6.02. The van der Waals surface area contributed by atoms with Gasteiger partial charge in [-0.3, -0.25) is 14.5 Å². The number of hydrogen-bond donors (Lipinski definition) is 3. The van der Waals surface area contributed by atoms with E-state index in [2.05, 4.69) is 0 Å². The predicted octanol–water partition coefficient (Wildman–Crippen LogP) is 0.295. The molecular formula is C13H16N2O5. The highest BCUT2D eigenvalue weighted by Gasteiger charge is 2.31. The number of carboxylic acids is 2. The Balaban J connectivity index is 3.08. The summed E-state index contributed by atoms with van der Waals surface area (Å²) >= 11 is 0. The van der Waals surface area contributed by atoms with Crippen molar-refractivity contribution in [2.45, 2.75) is 25.4 Å². The molecule has 0 saturated carbocycles.